The van der Waals surface area contributed by atoms with Gasteiger partial charge in [0.25, 0.3) is 0 Å². The molecule has 2 aromatic carbocycles. The number of alkyl halides is 2. The van der Waals surface area contributed by atoms with Gasteiger partial charge in [0.2, 0.25) is 0 Å². The third-order valence-corrected chi connectivity index (χ3v) is 6.00. The van der Waals surface area contributed by atoms with E-state index < -0.39 is 24.9 Å². The minimum absolute atomic E-state index is 0.0679. The molecule has 4 nitrogen and oxygen atoms in total. The molecule has 0 saturated carbocycles. The molecule has 1 fully saturated rings. The van der Waals surface area contributed by atoms with Crippen LogP contribution < -0.4 is 4.74 Å². The smallest absolute Gasteiger partial charge is 0.387 e. The van der Waals surface area contributed by atoms with Gasteiger partial charge in [-0.05, 0) is 53.6 Å². The molecule has 2 aliphatic rings. The summed E-state index contributed by atoms with van der Waals surface area (Å²) in [5.74, 6) is -0.0679. The summed E-state index contributed by atoms with van der Waals surface area (Å²) in [5.41, 5.74) is 4.97. The van der Waals surface area contributed by atoms with Gasteiger partial charge in [-0.25, -0.2) is 0 Å². The van der Waals surface area contributed by atoms with Crippen LogP contribution in [0.15, 0.2) is 30.3 Å². The highest BCUT2D eigenvalue weighted by Crippen LogP contribution is 2.40. The Balaban J connectivity index is 1.67. The second-order valence-corrected chi connectivity index (χ2v) is 8.10. The number of aliphatic hydroxyl groups excluding tert-OH is 2. The molecule has 7 heteroatoms. The Kier molecular flexibility index (Phi) is 6.06. The van der Waals surface area contributed by atoms with Gasteiger partial charge in [-0.3, -0.25) is 0 Å². The molecule has 0 radical (unpaired) electrons. The summed E-state index contributed by atoms with van der Waals surface area (Å²) in [7, 11) is 0. The van der Waals surface area contributed by atoms with Crippen LogP contribution in [-0.2, 0) is 24.0 Å². The fourth-order valence-corrected chi connectivity index (χ4v) is 4.31. The summed E-state index contributed by atoms with van der Waals surface area (Å²) in [6.07, 6.45) is 1.33. The Morgan fingerprint density at radius 3 is 2.59 bits per heavy atom. The molecule has 0 bridgehead atoms. The van der Waals surface area contributed by atoms with Crippen molar-refractivity contribution in [2.45, 2.75) is 57.0 Å². The minimum Gasteiger partial charge on any atom is -0.434 e. The maximum atomic E-state index is 13.0. The molecule has 1 aliphatic carbocycles. The Morgan fingerprint density at radius 1 is 1.14 bits per heavy atom. The average Bonchev–Trinajstić information content (AvgIpc) is 2.65. The van der Waals surface area contributed by atoms with Gasteiger partial charge >= 0.3 is 6.61 Å². The van der Waals surface area contributed by atoms with E-state index in [1.54, 1.807) is 6.07 Å². The van der Waals surface area contributed by atoms with E-state index in [1.165, 1.54) is 17.2 Å². The number of hydrogen-bond donors (Lipinski definition) is 2. The lowest BCUT2D eigenvalue weighted by atomic mass is 9.86. The molecule has 1 aliphatic heterocycles. The molecule has 4 rings (SSSR count). The van der Waals surface area contributed by atoms with Gasteiger partial charge in [0.05, 0.1) is 24.9 Å². The molecule has 2 N–H and O–H groups in total. The van der Waals surface area contributed by atoms with E-state index in [2.05, 4.69) is 18.2 Å². The summed E-state index contributed by atoms with van der Waals surface area (Å²) in [6, 6.07) is 9.43. The molecule has 1 saturated heterocycles. The standard InChI is InChI=1S/C22H23ClF2O4/c23-19-10-21(29-22(24)25)18(20-9-16(27)8-17(11-26)28-20)7-15(19)6-12-1-2-13-3-4-14(13)5-12/h1-2,5,7,10,16-17,20,22,26-27H,3-4,6,8-9,11H2. The molecular formula is C22H23ClF2O4. The van der Waals surface area contributed by atoms with Gasteiger partial charge in [-0.1, -0.05) is 29.8 Å². The Bertz CT molecular complexity index is 889. The summed E-state index contributed by atoms with van der Waals surface area (Å²) in [6.45, 7) is -3.26. The van der Waals surface area contributed by atoms with E-state index in [1.807, 2.05) is 0 Å². The van der Waals surface area contributed by atoms with Gasteiger partial charge in [-0.2, -0.15) is 8.78 Å². The molecule has 0 aromatic heterocycles. The predicted molar refractivity (Wildman–Crippen MR) is 105 cm³/mol. The first-order valence-electron chi connectivity index (χ1n) is 9.75. The molecule has 0 spiro atoms. The fourth-order valence-electron chi connectivity index (χ4n) is 4.09. The van der Waals surface area contributed by atoms with E-state index in [-0.39, 0.29) is 18.8 Å². The molecule has 1 heterocycles. The number of halogens is 3. The van der Waals surface area contributed by atoms with Crippen molar-refractivity contribution in [2.75, 3.05) is 6.61 Å². The van der Waals surface area contributed by atoms with E-state index in [9.17, 15) is 19.0 Å². The largest absolute Gasteiger partial charge is 0.434 e. The number of aliphatic hydroxyl groups is 2. The SMILES string of the molecule is OCC1CC(O)CC(c2cc(Cc3ccc4c(c3)CC4)c(Cl)cc2OC(F)F)O1. The van der Waals surface area contributed by atoms with Crippen molar-refractivity contribution < 1.29 is 28.5 Å². The van der Waals surface area contributed by atoms with Crippen molar-refractivity contribution in [3.8, 4) is 5.75 Å². The molecule has 29 heavy (non-hydrogen) atoms. The fraction of sp³-hybridized carbons (Fsp3) is 0.455. The van der Waals surface area contributed by atoms with Crippen molar-refractivity contribution in [1.82, 2.24) is 0 Å². The van der Waals surface area contributed by atoms with E-state index in [0.29, 0.717) is 23.4 Å². The maximum Gasteiger partial charge on any atom is 0.387 e. The number of rotatable bonds is 6. The topological polar surface area (TPSA) is 58.9 Å². The van der Waals surface area contributed by atoms with Crippen LogP contribution in [0.5, 0.6) is 5.75 Å². The van der Waals surface area contributed by atoms with Gasteiger partial charge in [0.15, 0.2) is 0 Å². The first-order chi connectivity index (χ1) is 13.9. The lowest BCUT2D eigenvalue weighted by Gasteiger charge is -2.33. The van der Waals surface area contributed by atoms with E-state index in [0.717, 1.165) is 24.0 Å². The van der Waals surface area contributed by atoms with Crippen molar-refractivity contribution in [3.05, 3.63) is 63.2 Å². The van der Waals surface area contributed by atoms with E-state index in [4.69, 9.17) is 21.1 Å². The van der Waals surface area contributed by atoms with Gasteiger partial charge in [0.1, 0.15) is 5.75 Å². The van der Waals surface area contributed by atoms with Gasteiger partial charge < -0.3 is 19.7 Å². The zero-order chi connectivity index (χ0) is 20.5. The maximum absolute atomic E-state index is 13.0. The lowest BCUT2D eigenvalue weighted by Crippen LogP contribution is -2.33. The molecule has 3 atom stereocenters. The average molecular weight is 425 g/mol. The molecule has 156 valence electrons. The van der Waals surface area contributed by atoms with Crippen molar-refractivity contribution in [1.29, 1.82) is 0 Å². The second kappa shape index (κ2) is 8.56. The Hall–Kier alpha value is -1.73. The van der Waals surface area contributed by atoms with Crippen LogP contribution in [0.3, 0.4) is 0 Å². The highest BCUT2D eigenvalue weighted by atomic mass is 35.5. The van der Waals surface area contributed by atoms with Crippen LogP contribution in [0.25, 0.3) is 0 Å². The summed E-state index contributed by atoms with van der Waals surface area (Å²) < 4.78 is 36.4. The zero-order valence-electron chi connectivity index (χ0n) is 15.8. The highest BCUT2D eigenvalue weighted by molar-refractivity contribution is 6.31. The van der Waals surface area contributed by atoms with Gasteiger partial charge in [-0.15, -0.1) is 0 Å². The summed E-state index contributed by atoms with van der Waals surface area (Å²) in [4.78, 5) is 0. The molecule has 0 amide bonds. The number of ether oxygens (including phenoxy) is 2. The first kappa shape index (κ1) is 20.5. The van der Waals surface area contributed by atoms with Crippen LogP contribution in [-0.4, -0.2) is 35.6 Å². The summed E-state index contributed by atoms with van der Waals surface area (Å²) in [5, 5.41) is 19.9. The van der Waals surface area contributed by atoms with Crippen LogP contribution in [0.4, 0.5) is 8.78 Å². The van der Waals surface area contributed by atoms with Crippen molar-refractivity contribution in [3.63, 3.8) is 0 Å². The Labute approximate surface area is 173 Å². The third kappa shape index (κ3) is 4.56. The van der Waals surface area contributed by atoms with E-state index >= 15 is 0 Å². The Morgan fingerprint density at radius 2 is 1.93 bits per heavy atom. The number of hydrogen-bond acceptors (Lipinski definition) is 4. The lowest BCUT2D eigenvalue weighted by molar-refractivity contribution is -0.116. The zero-order valence-corrected chi connectivity index (χ0v) is 16.5. The highest BCUT2D eigenvalue weighted by Gasteiger charge is 2.32. The normalized spacial score (nSPS) is 23.6. The molecular weight excluding hydrogens is 402 g/mol. The first-order valence-corrected chi connectivity index (χ1v) is 10.1. The minimum atomic E-state index is -3.01. The van der Waals surface area contributed by atoms with Crippen LogP contribution in [0, 0.1) is 0 Å². The number of aryl methyl sites for hydroxylation is 2. The predicted octanol–water partition coefficient (Wildman–Crippen LogP) is 4.20. The third-order valence-electron chi connectivity index (χ3n) is 5.65. The van der Waals surface area contributed by atoms with Crippen LogP contribution in [0.2, 0.25) is 5.02 Å². The number of fused-ring (bicyclic) bond motifs is 1. The summed E-state index contributed by atoms with van der Waals surface area (Å²) >= 11 is 6.39. The quantitative estimate of drug-likeness (QED) is 0.729. The van der Waals surface area contributed by atoms with Crippen LogP contribution >= 0.6 is 11.6 Å². The molecule has 2 aromatic rings. The number of benzene rings is 2. The molecule has 3 unspecified atom stereocenters. The monoisotopic (exact) mass is 424 g/mol. The van der Waals surface area contributed by atoms with Crippen LogP contribution in [0.1, 0.15) is 46.8 Å². The second-order valence-electron chi connectivity index (χ2n) is 7.69. The van der Waals surface area contributed by atoms with Crippen molar-refractivity contribution in [2.24, 2.45) is 0 Å². The van der Waals surface area contributed by atoms with Crippen molar-refractivity contribution >= 4 is 11.6 Å². The van der Waals surface area contributed by atoms with Gasteiger partial charge in [0, 0.05) is 23.4 Å².